The summed E-state index contributed by atoms with van der Waals surface area (Å²) in [6.45, 7) is 4.53. The fourth-order valence-corrected chi connectivity index (χ4v) is 2.93. The van der Waals surface area contributed by atoms with E-state index in [1.807, 2.05) is 6.92 Å². The van der Waals surface area contributed by atoms with E-state index in [0.717, 1.165) is 32.2 Å². The SMILES string of the molecule is CCC1(c2c(F)ccc(C)c2F)CCCCCN1. The minimum atomic E-state index is -0.531. The van der Waals surface area contributed by atoms with Gasteiger partial charge in [-0.25, -0.2) is 8.78 Å². The van der Waals surface area contributed by atoms with Gasteiger partial charge in [0.2, 0.25) is 0 Å². The molecule has 1 N–H and O–H groups in total. The first-order valence-corrected chi connectivity index (χ1v) is 6.81. The number of halogens is 2. The van der Waals surface area contributed by atoms with Crippen LogP contribution >= 0.6 is 0 Å². The van der Waals surface area contributed by atoms with Crippen LogP contribution in [0.5, 0.6) is 0 Å². The second-order valence-corrected chi connectivity index (χ2v) is 5.23. The van der Waals surface area contributed by atoms with Gasteiger partial charge in [0.25, 0.3) is 0 Å². The summed E-state index contributed by atoms with van der Waals surface area (Å²) in [6, 6.07) is 2.89. The first-order chi connectivity index (χ1) is 8.60. The largest absolute Gasteiger partial charge is 0.307 e. The number of aryl methyl sites for hydroxylation is 1. The zero-order valence-electron chi connectivity index (χ0n) is 11.2. The van der Waals surface area contributed by atoms with Gasteiger partial charge in [0.1, 0.15) is 11.6 Å². The van der Waals surface area contributed by atoms with Crippen LogP contribution < -0.4 is 5.32 Å². The topological polar surface area (TPSA) is 12.0 Å². The average Bonchev–Trinajstić information content (AvgIpc) is 2.61. The Morgan fingerprint density at radius 2 is 2.00 bits per heavy atom. The number of rotatable bonds is 2. The zero-order valence-corrected chi connectivity index (χ0v) is 11.2. The van der Waals surface area contributed by atoms with Crippen LogP contribution in [0.15, 0.2) is 12.1 Å². The van der Waals surface area contributed by atoms with Gasteiger partial charge < -0.3 is 5.32 Å². The molecule has 100 valence electrons. The first kappa shape index (κ1) is 13.5. The molecule has 1 unspecified atom stereocenters. The summed E-state index contributed by atoms with van der Waals surface area (Å²) in [5.41, 5.74) is 0.230. The molecule has 3 heteroatoms. The van der Waals surface area contributed by atoms with E-state index in [0.29, 0.717) is 12.0 Å². The first-order valence-electron chi connectivity index (χ1n) is 6.81. The average molecular weight is 253 g/mol. The Morgan fingerprint density at radius 3 is 2.72 bits per heavy atom. The molecule has 1 aliphatic rings. The molecule has 1 nitrogen and oxygen atoms in total. The van der Waals surface area contributed by atoms with E-state index < -0.39 is 11.4 Å². The molecular formula is C15H21F2N. The van der Waals surface area contributed by atoms with Crippen LogP contribution in [0, 0.1) is 18.6 Å². The van der Waals surface area contributed by atoms with Gasteiger partial charge in [-0.1, -0.05) is 25.8 Å². The summed E-state index contributed by atoms with van der Waals surface area (Å²) >= 11 is 0. The summed E-state index contributed by atoms with van der Waals surface area (Å²) in [7, 11) is 0. The van der Waals surface area contributed by atoms with Crippen LogP contribution in [0.1, 0.15) is 50.2 Å². The molecule has 0 amide bonds. The maximum atomic E-state index is 14.3. The second-order valence-electron chi connectivity index (χ2n) is 5.23. The second kappa shape index (κ2) is 5.35. The van der Waals surface area contributed by atoms with Crippen LogP contribution in [0.25, 0.3) is 0 Å². The van der Waals surface area contributed by atoms with E-state index in [9.17, 15) is 8.78 Å². The standard InChI is InChI=1S/C15H21F2N/c1-3-15(9-5-4-6-10-18-15)13-12(16)8-7-11(2)14(13)17/h7-8,18H,3-6,9-10H2,1-2H3. The monoisotopic (exact) mass is 253 g/mol. The highest BCUT2D eigenvalue weighted by atomic mass is 19.1. The van der Waals surface area contributed by atoms with Gasteiger partial charge in [-0.15, -0.1) is 0 Å². The van der Waals surface area contributed by atoms with E-state index in [1.165, 1.54) is 12.1 Å². The summed E-state index contributed by atoms with van der Waals surface area (Å²) in [4.78, 5) is 0. The number of hydrogen-bond acceptors (Lipinski definition) is 1. The van der Waals surface area contributed by atoms with Gasteiger partial charge in [0.05, 0.1) is 0 Å². The molecular weight excluding hydrogens is 232 g/mol. The number of nitrogens with one attached hydrogen (secondary N) is 1. The summed E-state index contributed by atoms with van der Waals surface area (Å²) in [5.74, 6) is -0.805. The predicted octanol–water partition coefficient (Wildman–Crippen LogP) is 4.04. The smallest absolute Gasteiger partial charge is 0.134 e. The minimum Gasteiger partial charge on any atom is -0.307 e. The van der Waals surface area contributed by atoms with Crippen LogP contribution in [0.2, 0.25) is 0 Å². The minimum absolute atomic E-state index is 0.243. The fraction of sp³-hybridized carbons (Fsp3) is 0.600. The summed E-state index contributed by atoms with van der Waals surface area (Å²) in [6.07, 6.45) is 4.75. The van der Waals surface area contributed by atoms with Crippen LogP contribution in [0.3, 0.4) is 0 Å². The lowest BCUT2D eigenvalue weighted by Crippen LogP contribution is -2.43. The van der Waals surface area contributed by atoms with Crippen LogP contribution in [-0.2, 0) is 5.54 Å². The highest BCUT2D eigenvalue weighted by Gasteiger charge is 2.36. The van der Waals surface area contributed by atoms with E-state index in [1.54, 1.807) is 6.92 Å². The molecule has 0 aromatic heterocycles. The molecule has 2 rings (SSSR count). The molecule has 0 spiro atoms. The van der Waals surface area contributed by atoms with Crippen molar-refractivity contribution in [3.63, 3.8) is 0 Å². The molecule has 1 fully saturated rings. The number of benzene rings is 1. The molecule has 1 atom stereocenters. The van der Waals surface area contributed by atoms with Crippen molar-refractivity contribution in [3.8, 4) is 0 Å². The Hall–Kier alpha value is -0.960. The molecule has 1 aromatic carbocycles. The van der Waals surface area contributed by atoms with Crippen molar-refractivity contribution in [1.82, 2.24) is 5.32 Å². The van der Waals surface area contributed by atoms with Crippen molar-refractivity contribution in [3.05, 3.63) is 34.9 Å². The third-order valence-electron chi connectivity index (χ3n) is 4.11. The van der Waals surface area contributed by atoms with E-state index >= 15 is 0 Å². The highest BCUT2D eigenvalue weighted by molar-refractivity contribution is 5.33. The fourth-order valence-electron chi connectivity index (χ4n) is 2.93. The molecule has 0 radical (unpaired) electrons. The summed E-state index contributed by atoms with van der Waals surface area (Å²) in [5, 5.41) is 3.39. The van der Waals surface area contributed by atoms with Crippen molar-refractivity contribution in [2.45, 2.75) is 51.5 Å². The molecule has 1 saturated heterocycles. The van der Waals surface area contributed by atoms with Crippen molar-refractivity contribution in [2.24, 2.45) is 0 Å². The quantitative estimate of drug-likeness (QED) is 0.838. The van der Waals surface area contributed by atoms with Crippen LogP contribution in [0.4, 0.5) is 8.78 Å². The lowest BCUT2D eigenvalue weighted by atomic mass is 9.82. The maximum Gasteiger partial charge on any atom is 0.134 e. The summed E-state index contributed by atoms with van der Waals surface area (Å²) < 4.78 is 28.4. The lowest BCUT2D eigenvalue weighted by molar-refractivity contribution is 0.287. The molecule has 0 bridgehead atoms. The molecule has 18 heavy (non-hydrogen) atoms. The highest BCUT2D eigenvalue weighted by Crippen LogP contribution is 2.36. The Bertz CT molecular complexity index is 421. The maximum absolute atomic E-state index is 14.3. The van der Waals surface area contributed by atoms with Gasteiger partial charge in [-0.3, -0.25) is 0 Å². The molecule has 1 aromatic rings. The van der Waals surface area contributed by atoms with Gasteiger partial charge in [0, 0.05) is 11.1 Å². The zero-order chi connectivity index (χ0) is 13.2. The van der Waals surface area contributed by atoms with Gasteiger partial charge >= 0.3 is 0 Å². The van der Waals surface area contributed by atoms with Crippen molar-refractivity contribution in [2.75, 3.05) is 6.54 Å². The third kappa shape index (κ3) is 2.28. The van der Waals surface area contributed by atoms with E-state index in [4.69, 9.17) is 0 Å². The molecule has 1 aliphatic heterocycles. The van der Waals surface area contributed by atoms with Crippen molar-refractivity contribution in [1.29, 1.82) is 0 Å². The van der Waals surface area contributed by atoms with Gasteiger partial charge in [-0.05, 0) is 44.4 Å². The van der Waals surface area contributed by atoms with E-state index in [2.05, 4.69) is 5.32 Å². The Kier molecular flexibility index (Phi) is 4.00. The number of hydrogen-bond donors (Lipinski definition) is 1. The lowest BCUT2D eigenvalue weighted by Gasteiger charge is -2.34. The van der Waals surface area contributed by atoms with Crippen molar-refractivity contribution < 1.29 is 8.78 Å². The Morgan fingerprint density at radius 1 is 1.22 bits per heavy atom. The van der Waals surface area contributed by atoms with Gasteiger partial charge in [0.15, 0.2) is 0 Å². The normalized spacial score (nSPS) is 24.9. The Balaban J connectivity index is 2.52. The van der Waals surface area contributed by atoms with Crippen molar-refractivity contribution >= 4 is 0 Å². The van der Waals surface area contributed by atoms with Gasteiger partial charge in [-0.2, -0.15) is 0 Å². The predicted molar refractivity (Wildman–Crippen MR) is 69.5 cm³/mol. The van der Waals surface area contributed by atoms with Crippen LogP contribution in [-0.4, -0.2) is 6.54 Å². The Labute approximate surface area is 108 Å². The third-order valence-corrected chi connectivity index (χ3v) is 4.11. The molecule has 0 aliphatic carbocycles. The van der Waals surface area contributed by atoms with E-state index in [-0.39, 0.29) is 11.4 Å². The molecule has 0 saturated carbocycles. The molecule has 1 heterocycles.